The maximum absolute atomic E-state index is 12.1. The van der Waals surface area contributed by atoms with Gasteiger partial charge in [0.25, 0.3) is 0 Å². The molecule has 2 heterocycles. The third-order valence-corrected chi connectivity index (χ3v) is 3.39. The monoisotopic (exact) mass is 241 g/mol. The molecule has 16 heavy (non-hydrogen) atoms. The highest BCUT2D eigenvalue weighted by Gasteiger charge is 2.27. The number of nitrogens with zero attached hydrogens (tertiary/aromatic N) is 3. The second-order valence-corrected chi connectivity index (χ2v) is 4.44. The number of amides is 1. The molecule has 88 valence electrons. The van der Waals surface area contributed by atoms with Crippen LogP contribution in [0.2, 0.25) is 0 Å². The van der Waals surface area contributed by atoms with Gasteiger partial charge in [-0.2, -0.15) is 0 Å². The minimum atomic E-state index is -0.597. The van der Waals surface area contributed by atoms with Crippen LogP contribution in [-0.2, 0) is 11.3 Å². The van der Waals surface area contributed by atoms with E-state index in [1.807, 2.05) is 16.4 Å². The van der Waals surface area contributed by atoms with Crippen molar-refractivity contribution >= 4 is 17.5 Å². The van der Waals surface area contributed by atoms with Gasteiger partial charge in [-0.25, -0.2) is 4.98 Å². The quantitative estimate of drug-likeness (QED) is 0.757. The summed E-state index contributed by atoms with van der Waals surface area (Å²) in [7, 11) is 0. The van der Waals surface area contributed by atoms with E-state index in [-0.39, 0.29) is 5.91 Å². The van der Waals surface area contributed by atoms with E-state index in [4.69, 9.17) is 11.6 Å². The molecule has 2 rings (SSSR count). The summed E-state index contributed by atoms with van der Waals surface area (Å²) in [6.45, 7) is 4.46. The summed E-state index contributed by atoms with van der Waals surface area (Å²) in [6.07, 6.45) is 5.56. The molecule has 0 aliphatic carbocycles. The van der Waals surface area contributed by atoms with Gasteiger partial charge in [0, 0.05) is 19.6 Å². The number of carbonyl (C=O) groups is 1. The van der Waals surface area contributed by atoms with Crippen LogP contribution in [0.3, 0.4) is 0 Å². The summed E-state index contributed by atoms with van der Waals surface area (Å²) in [5.74, 6) is 0.00867. The SMILES string of the molecule is CCn1cncc1C(Cl)C(=O)N1CCCC1. The van der Waals surface area contributed by atoms with Crippen molar-refractivity contribution < 1.29 is 4.79 Å². The summed E-state index contributed by atoms with van der Waals surface area (Å²) in [4.78, 5) is 17.9. The van der Waals surface area contributed by atoms with Gasteiger partial charge in [-0.3, -0.25) is 4.79 Å². The molecule has 1 unspecified atom stereocenters. The molecule has 0 bridgehead atoms. The summed E-state index contributed by atoms with van der Waals surface area (Å²) >= 11 is 6.21. The molecule has 0 radical (unpaired) electrons. The van der Waals surface area contributed by atoms with Crippen LogP contribution in [-0.4, -0.2) is 33.4 Å². The molecule has 5 heteroatoms. The fraction of sp³-hybridized carbons (Fsp3) is 0.636. The lowest BCUT2D eigenvalue weighted by atomic mass is 10.3. The molecule has 0 N–H and O–H groups in total. The number of halogens is 1. The van der Waals surface area contributed by atoms with E-state index in [1.165, 1.54) is 0 Å². The Morgan fingerprint density at radius 2 is 2.25 bits per heavy atom. The summed E-state index contributed by atoms with van der Waals surface area (Å²) in [5.41, 5.74) is 0.793. The summed E-state index contributed by atoms with van der Waals surface area (Å²) in [5, 5.41) is -0.597. The van der Waals surface area contributed by atoms with Gasteiger partial charge >= 0.3 is 0 Å². The zero-order chi connectivity index (χ0) is 11.5. The van der Waals surface area contributed by atoms with Crippen molar-refractivity contribution in [3.05, 3.63) is 18.2 Å². The van der Waals surface area contributed by atoms with Crippen molar-refractivity contribution in [2.24, 2.45) is 0 Å². The van der Waals surface area contributed by atoms with Crippen LogP contribution >= 0.6 is 11.6 Å². The Balaban J connectivity index is 2.11. The van der Waals surface area contributed by atoms with Gasteiger partial charge in [-0.1, -0.05) is 0 Å². The second-order valence-electron chi connectivity index (χ2n) is 4.00. The van der Waals surface area contributed by atoms with Crippen LogP contribution in [0.5, 0.6) is 0 Å². The first-order chi connectivity index (χ1) is 7.74. The topological polar surface area (TPSA) is 38.1 Å². The predicted octanol–water partition coefficient (Wildman–Crippen LogP) is 1.81. The Morgan fingerprint density at radius 3 is 2.88 bits per heavy atom. The van der Waals surface area contributed by atoms with Crippen molar-refractivity contribution in [3.63, 3.8) is 0 Å². The first kappa shape index (κ1) is 11.5. The molecule has 1 amide bonds. The molecule has 0 saturated carbocycles. The van der Waals surface area contributed by atoms with Gasteiger partial charge in [0.1, 0.15) is 0 Å². The molecule has 1 aromatic rings. The Bertz CT molecular complexity index is 371. The van der Waals surface area contributed by atoms with Gasteiger partial charge in [-0.05, 0) is 19.8 Å². The Kier molecular flexibility index (Phi) is 3.49. The Hall–Kier alpha value is -1.03. The van der Waals surface area contributed by atoms with Gasteiger partial charge in [0.05, 0.1) is 18.2 Å². The van der Waals surface area contributed by atoms with E-state index in [2.05, 4.69) is 4.98 Å². The number of imidazole rings is 1. The van der Waals surface area contributed by atoms with Gasteiger partial charge in [0.15, 0.2) is 5.38 Å². The Morgan fingerprint density at radius 1 is 1.56 bits per heavy atom. The number of carbonyl (C=O) groups excluding carboxylic acids is 1. The zero-order valence-electron chi connectivity index (χ0n) is 9.40. The van der Waals surface area contributed by atoms with E-state index in [0.717, 1.165) is 38.2 Å². The molecule has 0 spiro atoms. The molecule has 1 aromatic heterocycles. The number of hydrogen-bond acceptors (Lipinski definition) is 2. The lowest BCUT2D eigenvalue weighted by molar-refractivity contribution is -0.129. The van der Waals surface area contributed by atoms with Gasteiger partial charge in [0.2, 0.25) is 5.91 Å². The van der Waals surface area contributed by atoms with Gasteiger partial charge in [-0.15, -0.1) is 11.6 Å². The highest BCUT2D eigenvalue weighted by molar-refractivity contribution is 6.30. The fourth-order valence-corrected chi connectivity index (χ4v) is 2.35. The Labute approximate surface area is 100 Å². The summed E-state index contributed by atoms with van der Waals surface area (Å²) < 4.78 is 1.91. The second kappa shape index (κ2) is 4.87. The van der Waals surface area contributed by atoms with E-state index in [9.17, 15) is 4.79 Å². The van der Waals surface area contributed by atoms with Crippen LogP contribution < -0.4 is 0 Å². The van der Waals surface area contributed by atoms with E-state index >= 15 is 0 Å². The maximum Gasteiger partial charge on any atom is 0.246 e. The molecule has 0 aromatic carbocycles. The van der Waals surface area contributed by atoms with Crippen molar-refractivity contribution in [3.8, 4) is 0 Å². The zero-order valence-corrected chi connectivity index (χ0v) is 10.2. The third kappa shape index (κ3) is 2.07. The third-order valence-electron chi connectivity index (χ3n) is 2.98. The number of aryl methyl sites for hydroxylation is 1. The number of hydrogen-bond donors (Lipinski definition) is 0. The normalized spacial score (nSPS) is 17.8. The molecule has 1 saturated heterocycles. The molecule has 1 aliphatic heterocycles. The van der Waals surface area contributed by atoms with Crippen LogP contribution in [0, 0.1) is 0 Å². The van der Waals surface area contributed by atoms with E-state index < -0.39 is 5.38 Å². The van der Waals surface area contributed by atoms with Crippen LogP contribution in [0.25, 0.3) is 0 Å². The van der Waals surface area contributed by atoms with Crippen molar-refractivity contribution in [1.29, 1.82) is 0 Å². The summed E-state index contributed by atoms with van der Waals surface area (Å²) in [6, 6.07) is 0. The van der Waals surface area contributed by atoms with E-state index in [1.54, 1.807) is 12.5 Å². The average Bonchev–Trinajstić information content (AvgIpc) is 2.97. The van der Waals surface area contributed by atoms with Crippen LogP contribution in [0.15, 0.2) is 12.5 Å². The molecular weight excluding hydrogens is 226 g/mol. The lowest BCUT2D eigenvalue weighted by Gasteiger charge is -2.19. The molecule has 1 atom stereocenters. The van der Waals surface area contributed by atoms with Crippen molar-refractivity contribution in [2.45, 2.75) is 31.7 Å². The van der Waals surface area contributed by atoms with E-state index in [0.29, 0.717) is 0 Å². The fourth-order valence-electron chi connectivity index (χ4n) is 2.03. The predicted molar refractivity (Wildman–Crippen MR) is 62.3 cm³/mol. The average molecular weight is 242 g/mol. The van der Waals surface area contributed by atoms with Gasteiger partial charge < -0.3 is 9.47 Å². The number of aromatic nitrogens is 2. The smallest absolute Gasteiger partial charge is 0.246 e. The standard InChI is InChI=1S/C11H16ClN3O/c1-2-14-8-13-7-9(14)10(12)11(16)15-5-3-4-6-15/h7-8,10H,2-6H2,1H3. The molecule has 1 fully saturated rings. The number of alkyl halides is 1. The molecular formula is C11H16ClN3O. The first-order valence-electron chi connectivity index (χ1n) is 5.67. The van der Waals surface area contributed by atoms with Crippen LogP contribution in [0.4, 0.5) is 0 Å². The highest BCUT2D eigenvalue weighted by atomic mass is 35.5. The van der Waals surface area contributed by atoms with Crippen molar-refractivity contribution in [2.75, 3.05) is 13.1 Å². The minimum Gasteiger partial charge on any atom is -0.341 e. The molecule has 4 nitrogen and oxygen atoms in total. The lowest BCUT2D eigenvalue weighted by Crippen LogP contribution is -2.31. The van der Waals surface area contributed by atoms with Crippen molar-refractivity contribution in [1.82, 2.24) is 14.5 Å². The minimum absolute atomic E-state index is 0.00867. The first-order valence-corrected chi connectivity index (χ1v) is 6.10. The largest absolute Gasteiger partial charge is 0.341 e. The van der Waals surface area contributed by atoms with Crippen LogP contribution in [0.1, 0.15) is 30.8 Å². The number of rotatable bonds is 3. The molecule has 1 aliphatic rings. The maximum atomic E-state index is 12.1. The number of likely N-dealkylation sites (tertiary alicyclic amines) is 1. The highest BCUT2D eigenvalue weighted by Crippen LogP contribution is 2.24.